The van der Waals surface area contributed by atoms with Crippen LogP contribution in [0.3, 0.4) is 0 Å². The van der Waals surface area contributed by atoms with Crippen LogP contribution in [-0.2, 0) is 4.74 Å². The van der Waals surface area contributed by atoms with Gasteiger partial charge in [-0.3, -0.25) is 0 Å². The summed E-state index contributed by atoms with van der Waals surface area (Å²) in [6.07, 6.45) is 1.38. The van der Waals surface area contributed by atoms with Crippen LogP contribution in [0.1, 0.15) is 47.0 Å². The number of rotatable bonds is 4. The van der Waals surface area contributed by atoms with Crippen LogP contribution in [0.4, 0.5) is 4.79 Å². The summed E-state index contributed by atoms with van der Waals surface area (Å²) in [7, 11) is 0. The second-order valence-corrected chi connectivity index (χ2v) is 6.31. The smallest absolute Gasteiger partial charge is 0.450 e. The molecule has 5 heteroatoms. The van der Waals surface area contributed by atoms with Gasteiger partial charge in [-0.25, -0.2) is 4.79 Å². The van der Waals surface area contributed by atoms with E-state index in [-0.39, 0.29) is 5.92 Å². The minimum atomic E-state index is -2.61. The number of aliphatic hydroxyl groups is 2. The molecule has 19 heavy (non-hydrogen) atoms. The van der Waals surface area contributed by atoms with Gasteiger partial charge in [0.05, 0.1) is 5.92 Å². The molecule has 0 amide bonds. The Labute approximate surface area is 114 Å². The minimum absolute atomic E-state index is 0.0538. The van der Waals surface area contributed by atoms with Gasteiger partial charge in [-0.05, 0) is 36.5 Å². The summed E-state index contributed by atoms with van der Waals surface area (Å²) in [6.45, 7) is 8.04. The second kappa shape index (κ2) is 6.09. The van der Waals surface area contributed by atoms with E-state index >= 15 is 0 Å². The maximum atomic E-state index is 10.5. The number of hydrogen-bond donors (Lipinski definition) is 3. The fourth-order valence-corrected chi connectivity index (χ4v) is 3.35. The van der Waals surface area contributed by atoms with Crippen molar-refractivity contribution in [3.8, 4) is 0 Å². The van der Waals surface area contributed by atoms with Gasteiger partial charge in [-0.2, -0.15) is 0 Å². The highest BCUT2D eigenvalue weighted by atomic mass is 16.8. The lowest BCUT2D eigenvalue weighted by atomic mass is 9.65. The maximum Gasteiger partial charge on any atom is 0.510 e. The zero-order valence-electron chi connectivity index (χ0n) is 12.2. The molecule has 0 radical (unpaired) electrons. The van der Waals surface area contributed by atoms with Crippen molar-refractivity contribution in [2.75, 3.05) is 0 Å². The Hall–Kier alpha value is -0.810. The van der Waals surface area contributed by atoms with Gasteiger partial charge in [0, 0.05) is 0 Å². The maximum absolute atomic E-state index is 10.5. The zero-order valence-corrected chi connectivity index (χ0v) is 12.2. The zero-order chi connectivity index (χ0) is 14.8. The molecule has 1 rings (SSSR count). The van der Waals surface area contributed by atoms with E-state index in [0.717, 1.165) is 19.3 Å². The van der Waals surface area contributed by atoms with Crippen molar-refractivity contribution in [2.24, 2.45) is 29.6 Å². The molecule has 0 heterocycles. The van der Waals surface area contributed by atoms with Crippen LogP contribution in [0.25, 0.3) is 0 Å². The number of hydrogen-bond acceptors (Lipinski definition) is 4. The molecule has 5 nitrogen and oxygen atoms in total. The van der Waals surface area contributed by atoms with Crippen molar-refractivity contribution in [1.82, 2.24) is 0 Å². The summed E-state index contributed by atoms with van der Waals surface area (Å²) in [4.78, 5) is 10.5. The average Bonchev–Trinajstić information content (AvgIpc) is 2.25. The molecule has 1 saturated carbocycles. The molecule has 112 valence electrons. The van der Waals surface area contributed by atoms with Crippen LogP contribution >= 0.6 is 0 Å². The lowest BCUT2D eigenvalue weighted by Crippen LogP contribution is -2.47. The minimum Gasteiger partial charge on any atom is -0.450 e. The Morgan fingerprint density at radius 1 is 1.21 bits per heavy atom. The third-order valence-electron chi connectivity index (χ3n) is 4.55. The number of carbonyl (C=O) groups is 1. The fourth-order valence-electron chi connectivity index (χ4n) is 3.35. The van der Waals surface area contributed by atoms with E-state index < -0.39 is 18.0 Å². The lowest BCUT2D eigenvalue weighted by molar-refractivity contribution is -0.350. The van der Waals surface area contributed by atoms with Crippen molar-refractivity contribution < 1.29 is 24.9 Å². The third kappa shape index (κ3) is 4.08. The van der Waals surface area contributed by atoms with Gasteiger partial charge >= 0.3 is 12.1 Å². The number of carboxylic acid groups (broad SMARTS) is 1. The van der Waals surface area contributed by atoms with Gasteiger partial charge in [0.2, 0.25) is 0 Å². The standard InChI is InChI=1S/C14H26O5/c1-8(2)11-6-5-9(3)7-12(11)10(4)14(17,18)19-13(15)16/h8-12,17-18H,5-7H2,1-4H3,(H,15,16). The summed E-state index contributed by atoms with van der Waals surface area (Å²) in [6, 6.07) is 0. The molecular formula is C14H26O5. The van der Waals surface area contributed by atoms with E-state index in [1.54, 1.807) is 6.92 Å². The van der Waals surface area contributed by atoms with E-state index in [0.29, 0.717) is 17.8 Å². The molecule has 1 fully saturated rings. The van der Waals surface area contributed by atoms with Crippen LogP contribution in [0.2, 0.25) is 0 Å². The largest absolute Gasteiger partial charge is 0.510 e. The Balaban J connectivity index is 2.86. The molecule has 4 atom stereocenters. The second-order valence-electron chi connectivity index (χ2n) is 6.31. The van der Waals surface area contributed by atoms with Crippen LogP contribution in [0.5, 0.6) is 0 Å². The van der Waals surface area contributed by atoms with E-state index in [1.165, 1.54) is 0 Å². The van der Waals surface area contributed by atoms with Crippen molar-refractivity contribution in [2.45, 2.75) is 52.9 Å². The van der Waals surface area contributed by atoms with Crippen LogP contribution in [0, 0.1) is 29.6 Å². The fraction of sp³-hybridized carbons (Fsp3) is 0.929. The van der Waals surface area contributed by atoms with E-state index in [4.69, 9.17) is 5.11 Å². The molecule has 3 N–H and O–H groups in total. The van der Waals surface area contributed by atoms with Gasteiger partial charge in [-0.1, -0.05) is 34.1 Å². The lowest BCUT2D eigenvalue weighted by Gasteiger charge is -2.43. The third-order valence-corrected chi connectivity index (χ3v) is 4.55. The SMILES string of the molecule is CC1CCC(C(C)C)C(C(C)C(O)(O)OC(=O)O)C1. The van der Waals surface area contributed by atoms with E-state index in [1.807, 2.05) is 0 Å². The van der Waals surface area contributed by atoms with Crippen molar-refractivity contribution in [3.05, 3.63) is 0 Å². The van der Waals surface area contributed by atoms with E-state index in [9.17, 15) is 15.0 Å². The van der Waals surface area contributed by atoms with Gasteiger partial charge in [0.25, 0.3) is 0 Å². The summed E-state index contributed by atoms with van der Waals surface area (Å²) in [5.41, 5.74) is 0. The Kier molecular flexibility index (Phi) is 5.21. The highest BCUT2D eigenvalue weighted by Gasteiger charge is 2.45. The van der Waals surface area contributed by atoms with Crippen molar-refractivity contribution >= 4 is 6.16 Å². The Morgan fingerprint density at radius 3 is 2.26 bits per heavy atom. The first-order chi connectivity index (χ1) is 8.65. The molecule has 1 aliphatic carbocycles. The van der Waals surface area contributed by atoms with E-state index in [2.05, 4.69) is 25.5 Å². The molecule has 0 aromatic carbocycles. The first-order valence-corrected chi connectivity index (χ1v) is 7.01. The Morgan fingerprint density at radius 2 is 1.79 bits per heavy atom. The number of ether oxygens (including phenoxy) is 1. The summed E-state index contributed by atoms with van der Waals surface area (Å²) < 4.78 is 4.24. The van der Waals surface area contributed by atoms with Crippen LogP contribution in [-0.4, -0.2) is 27.4 Å². The highest BCUT2D eigenvalue weighted by Crippen LogP contribution is 2.44. The molecule has 0 aliphatic heterocycles. The molecule has 0 saturated heterocycles. The quantitative estimate of drug-likeness (QED) is 0.542. The van der Waals surface area contributed by atoms with Crippen LogP contribution in [0.15, 0.2) is 0 Å². The molecule has 1 aliphatic rings. The summed E-state index contributed by atoms with van der Waals surface area (Å²) in [5, 5.41) is 28.3. The normalized spacial score (nSPS) is 30.2. The molecule has 0 spiro atoms. The van der Waals surface area contributed by atoms with Gasteiger partial charge in [-0.15, -0.1) is 0 Å². The predicted octanol–water partition coefficient (Wildman–Crippen LogP) is 2.66. The topological polar surface area (TPSA) is 87.0 Å². The first-order valence-electron chi connectivity index (χ1n) is 7.01. The van der Waals surface area contributed by atoms with Gasteiger partial charge in [0.15, 0.2) is 0 Å². The van der Waals surface area contributed by atoms with Gasteiger partial charge in [0.1, 0.15) is 0 Å². The molecule has 0 aromatic heterocycles. The van der Waals surface area contributed by atoms with Crippen molar-refractivity contribution in [1.29, 1.82) is 0 Å². The summed E-state index contributed by atoms with van der Waals surface area (Å²) >= 11 is 0. The van der Waals surface area contributed by atoms with Gasteiger partial charge < -0.3 is 20.1 Å². The van der Waals surface area contributed by atoms with Crippen LogP contribution < -0.4 is 0 Å². The monoisotopic (exact) mass is 274 g/mol. The molecule has 4 unspecified atom stereocenters. The molecular weight excluding hydrogens is 248 g/mol. The average molecular weight is 274 g/mol. The highest BCUT2D eigenvalue weighted by molar-refractivity contribution is 5.57. The van der Waals surface area contributed by atoms with Crippen molar-refractivity contribution in [3.63, 3.8) is 0 Å². The molecule has 0 aromatic rings. The Bertz CT molecular complexity index is 313. The first kappa shape index (κ1) is 16.2. The summed E-state index contributed by atoms with van der Waals surface area (Å²) in [5.74, 6) is -1.89. The predicted molar refractivity (Wildman–Crippen MR) is 70.3 cm³/mol. The molecule has 0 bridgehead atoms.